The SMILES string of the molecule is O=C(Nc1cccc(CCCO)c1)c1ccccc1F. The molecule has 0 atom stereocenters. The van der Waals surface area contributed by atoms with Gasteiger partial charge in [-0.15, -0.1) is 0 Å². The molecule has 0 saturated carbocycles. The van der Waals surface area contributed by atoms with Gasteiger partial charge in [0.25, 0.3) is 5.91 Å². The summed E-state index contributed by atoms with van der Waals surface area (Å²) >= 11 is 0. The molecule has 0 fully saturated rings. The van der Waals surface area contributed by atoms with Gasteiger partial charge in [0.15, 0.2) is 0 Å². The van der Waals surface area contributed by atoms with Crippen LogP contribution in [0.15, 0.2) is 48.5 Å². The Morgan fingerprint density at radius 2 is 1.95 bits per heavy atom. The van der Waals surface area contributed by atoms with Crippen molar-refractivity contribution in [2.45, 2.75) is 12.8 Å². The van der Waals surface area contributed by atoms with Crippen molar-refractivity contribution in [2.75, 3.05) is 11.9 Å². The summed E-state index contributed by atoms with van der Waals surface area (Å²) in [6.45, 7) is 0.131. The molecule has 0 aromatic heterocycles. The summed E-state index contributed by atoms with van der Waals surface area (Å²) in [5.74, 6) is -1.01. The van der Waals surface area contributed by atoms with Crippen LogP contribution in [-0.2, 0) is 6.42 Å². The third-order valence-corrected chi connectivity index (χ3v) is 2.93. The first-order valence-corrected chi connectivity index (χ1v) is 6.46. The number of benzene rings is 2. The number of carbonyl (C=O) groups is 1. The van der Waals surface area contributed by atoms with Crippen LogP contribution in [0.5, 0.6) is 0 Å². The monoisotopic (exact) mass is 273 g/mol. The van der Waals surface area contributed by atoms with Crippen molar-refractivity contribution in [1.29, 1.82) is 0 Å². The van der Waals surface area contributed by atoms with E-state index in [1.54, 1.807) is 18.2 Å². The third kappa shape index (κ3) is 3.65. The van der Waals surface area contributed by atoms with Crippen molar-refractivity contribution in [3.63, 3.8) is 0 Å². The van der Waals surface area contributed by atoms with E-state index in [0.717, 1.165) is 12.0 Å². The second kappa shape index (κ2) is 6.82. The largest absolute Gasteiger partial charge is 0.396 e. The lowest BCUT2D eigenvalue weighted by Crippen LogP contribution is -2.13. The molecule has 1 amide bonds. The second-order valence-electron chi connectivity index (χ2n) is 4.46. The number of aliphatic hydroxyl groups is 1. The van der Waals surface area contributed by atoms with Crippen molar-refractivity contribution in [3.8, 4) is 0 Å². The molecule has 0 radical (unpaired) electrons. The van der Waals surface area contributed by atoms with E-state index >= 15 is 0 Å². The topological polar surface area (TPSA) is 49.3 Å². The van der Waals surface area contributed by atoms with Crippen molar-refractivity contribution < 1.29 is 14.3 Å². The highest BCUT2D eigenvalue weighted by atomic mass is 19.1. The number of anilines is 1. The molecule has 3 nitrogen and oxygen atoms in total. The van der Waals surface area contributed by atoms with Crippen LogP contribution >= 0.6 is 0 Å². The lowest BCUT2D eigenvalue weighted by Gasteiger charge is -2.08. The summed E-state index contributed by atoms with van der Waals surface area (Å²) in [6, 6.07) is 13.2. The van der Waals surface area contributed by atoms with Gasteiger partial charge in [-0.05, 0) is 42.7 Å². The number of aryl methyl sites for hydroxylation is 1. The van der Waals surface area contributed by atoms with Gasteiger partial charge in [0.2, 0.25) is 0 Å². The van der Waals surface area contributed by atoms with E-state index in [4.69, 9.17) is 5.11 Å². The highest BCUT2D eigenvalue weighted by Crippen LogP contribution is 2.15. The molecular formula is C16H16FNO2. The molecule has 104 valence electrons. The standard InChI is InChI=1S/C16H16FNO2/c17-15-9-2-1-8-14(15)16(20)18-13-7-3-5-12(11-13)6-4-10-19/h1-3,5,7-9,11,19H,4,6,10H2,(H,18,20). The van der Waals surface area contributed by atoms with E-state index in [1.165, 1.54) is 12.1 Å². The average Bonchev–Trinajstić information content (AvgIpc) is 2.46. The molecule has 0 heterocycles. The predicted molar refractivity (Wildman–Crippen MR) is 76.2 cm³/mol. The smallest absolute Gasteiger partial charge is 0.258 e. The molecule has 0 aliphatic carbocycles. The number of carbonyl (C=O) groups excluding carboxylic acids is 1. The van der Waals surface area contributed by atoms with Gasteiger partial charge in [-0.3, -0.25) is 4.79 Å². The Morgan fingerprint density at radius 1 is 1.15 bits per heavy atom. The fourth-order valence-corrected chi connectivity index (χ4v) is 1.93. The Kier molecular flexibility index (Phi) is 4.85. The van der Waals surface area contributed by atoms with Gasteiger partial charge in [-0.2, -0.15) is 0 Å². The summed E-state index contributed by atoms with van der Waals surface area (Å²) < 4.78 is 13.5. The Morgan fingerprint density at radius 3 is 2.70 bits per heavy atom. The van der Waals surface area contributed by atoms with E-state index in [0.29, 0.717) is 12.1 Å². The van der Waals surface area contributed by atoms with E-state index in [1.807, 2.05) is 18.2 Å². The lowest BCUT2D eigenvalue weighted by molar-refractivity contribution is 0.102. The van der Waals surface area contributed by atoms with Crippen molar-refractivity contribution in [3.05, 3.63) is 65.5 Å². The fourth-order valence-electron chi connectivity index (χ4n) is 1.93. The van der Waals surface area contributed by atoms with Gasteiger partial charge >= 0.3 is 0 Å². The zero-order valence-corrected chi connectivity index (χ0v) is 11.0. The van der Waals surface area contributed by atoms with Crippen LogP contribution in [0.2, 0.25) is 0 Å². The highest BCUT2D eigenvalue weighted by Gasteiger charge is 2.10. The van der Waals surface area contributed by atoms with E-state index in [9.17, 15) is 9.18 Å². The molecule has 0 bridgehead atoms. The lowest BCUT2D eigenvalue weighted by atomic mass is 10.1. The maximum Gasteiger partial charge on any atom is 0.258 e. The van der Waals surface area contributed by atoms with Crippen LogP contribution in [0.3, 0.4) is 0 Å². The second-order valence-corrected chi connectivity index (χ2v) is 4.46. The van der Waals surface area contributed by atoms with Crippen LogP contribution in [0.4, 0.5) is 10.1 Å². The maximum absolute atomic E-state index is 13.5. The number of aliphatic hydroxyl groups excluding tert-OH is 1. The normalized spacial score (nSPS) is 10.3. The number of hydrogen-bond acceptors (Lipinski definition) is 2. The van der Waals surface area contributed by atoms with Crippen molar-refractivity contribution in [1.82, 2.24) is 0 Å². The van der Waals surface area contributed by atoms with Gasteiger partial charge in [-0.25, -0.2) is 4.39 Å². The number of halogens is 1. The minimum Gasteiger partial charge on any atom is -0.396 e. The van der Waals surface area contributed by atoms with Crippen molar-refractivity contribution in [2.24, 2.45) is 0 Å². The van der Waals surface area contributed by atoms with Gasteiger partial charge < -0.3 is 10.4 Å². The first-order valence-electron chi connectivity index (χ1n) is 6.46. The molecular weight excluding hydrogens is 257 g/mol. The highest BCUT2D eigenvalue weighted by molar-refractivity contribution is 6.04. The van der Waals surface area contributed by atoms with Crippen LogP contribution < -0.4 is 5.32 Å². The van der Waals surface area contributed by atoms with Crippen LogP contribution in [0.1, 0.15) is 22.3 Å². The zero-order valence-electron chi connectivity index (χ0n) is 11.0. The van der Waals surface area contributed by atoms with Crippen LogP contribution in [0.25, 0.3) is 0 Å². The molecule has 0 aliphatic heterocycles. The molecule has 20 heavy (non-hydrogen) atoms. The minimum absolute atomic E-state index is 0.0215. The minimum atomic E-state index is -0.540. The Bertz CT molecular complexity index is 599. The van der Waals surface area contributed by atoms with E-state index < -0.39 is 11.7 Å². The van der Waals surface area contributed by atoms with Gasteiger partial charge in [0.1, 0.15) is 5.82 Å². The molecule has 2 aromatic carbocycles. The molecule has 0 aliphatic rings. The summed E-state index contributed by atoms with van der Waals surface area (Å²) in [7, 11) is 0. The van der Waals surface area contributed by atoms with E-state index in [2.05, 4.69) is 5.32 Å². The molecule has 2 aromatic rings. The number of nitrogens with one attached hydrogen (secondary N) is 1. The quantitative estimate of drug-likeness (QED) is 0.879. The number of hydrogen-bond donors (Lipinski definition) is 2. The third-order valence-electron chi connectivity index (χ3n) is 2.93. The molecule has 4 heteroatoms. The molecule has 2 N–H and O–H groups in total. The van der Waals surface area contributed by atoms with Gasteiger partial charge in [0, 0.05) is 12.3 Å². The Labute approximate surface area is 117 Å². The average molecular weight is 273 g/mol. The van der Waals surface area contributed by atoms with Gasteiger partial charge in [-0.1, -0.05) is 24.3 Å². The molecule has 2 rings (SSSR count). The predicted octanol–water partition coefficient (Wildman–Crippen LogP) is 3.00. The summed E-state index contributed by atoms with van der Waals surface area (Å²) in [5, 5.41) is 11.5. The Balaban J connectivity index is 2.10. The molecule has 0 spiro atoms. The van der Waals surface area contributed by atoms with Gasteiger partial charge in [0.05, 0.1) is 5.56 Å². The number of rotatable bonds is 5. The molecule has 0 unspecified atom stereocenters. The summed E-state index contributed by atoms with van der Waals surface area (Å²) in [6.07, 6.45) is 1.41. The van der Waals surface area contributed by atoms with E-state index in [-0.39, 0.29) is 12.2 Å². The first kappa shape index (κ1) is 14.2. The Hall–Kier alpha value is -2.20. The van der Waals surface area contributed by atoms with Crippen LogP contribution in [0, 0.1) is 5.82 Å². The first-order chi connectivity index (χ1) is 9.70. The fraction of sp³-hybridized carbons (Fsp3) is 0.188. The molecule has 0 saturated heterocycles. The summed E-state index contributed by atoms with van der Waals surface area (Å²) in [4.78, 5) is 12.0. The number of amides is 1. The maximum atomic E-state index is 13.5. The zero-order chi connectivity index (χ0) is 14.4. The van der Waals surface area contributed by atoms with Crippen molar-refractivity contribution >= 4 is 11.6 Å². The summed E-state index contributed by atoms with van der Waals surface area (Å²) in [5.41, 5.74) is 1.66. The van der Waals surface area contributed by atoms with Crippen LogP contribution in [-0.4, -0.2) is 17.6 Å².